The van der Waals surface area contributed by atoms with Crippen molar-refractivity contribution >= 4 is 64.6 Å². The number of benzene rings is 10. The van der Waals surface area contributed by atoms with Crippen molar-refractivity contribution in [3.05, 3.63) is 182 Å². The fourth-order valence-electron chi connectivity index (χ4n) is 7.92. The molecule has 0 N–H and O–H groups in total. The van der Waals surface area contributed by atoms with Crippen molar-refractivity contribution in [3.8, 4) is 33.4 Å². The molecule has 0 aliphatic rings. The quantitative estimate of drug-likeness (QED) is 0.139. The van der Waals surface area contributed by atoms with Gasteiger partial charge in [0.1, 0.15) is 0 Å². The van der Waals surface area contributed by atoms with E-state index in [2.05, 4.69) is 182 Å². The van der Waals surface area contributed by atoms with E-state index in [1.54, 1.807) is 0 Å². The molecule has 0 saturated heterocycles. The molecule has 0 aliphatic carbocycles. The Hall–Kier alpha value is -6.24. The van der Waals surface area contributed by atoms with Crippen molar-refractivity contribution < 1.29 is 0 Å². The highest BCUT2D eigenvalue weighted by atomic mass is 14.2. The lowest BCUT2D eigenvalue weighted by Gasteiger charge is -2.16. The van der Waals surface area contributed by atoms with Gasteiger partial charge >= 0.3 is 0 Å². The second-order valence-corrected chi connectivity index (χ2v) is 12.9. The smallest absolute Gasteiger partial charge is 0.00923 e. The molecule has 10 aromatic rings. The van der Waals surface area contributed by atoms with E-state index in [1.807, 2.05) is 0 Å². The predicted octanol–water partition coefficient (Wildman–Crippen LogP) is 13.6. The summed E-state index contributed by atoms with van der Waals surface area (Å²) < 4.78 is 0. The van der Waals surface area contributed by atoms with Gasteiger partial charge in [-0.05, 0) is 134 Å². The standard InChI is InChI=1S/C48H30/c1-3-13-31(14-4-1)34-25-35(32-15-5-2-6-16-32)27-36(26-34)33-23-24-43-44(28-33)41-21-11-12-22-42(41)47-29-45-39-19-9-7-17-37(39)38-18-8-10-20-40(38)46(45)30-48(43)47/h1-30H. The molecule has 0 nitrogen and oxygen atoms in total. The number of hydrogen-bond donors (Lipinski definition) is 0. The normalized spacial score (nSPS) is 11.8. The number of hydrogen-bond acceptors (Lipinski definition) is 0. The van der Waals surface area contributed by atoms with Crippen LogP contribution in [0.1, 0.15) is 0 Å². The van der Waals surface area contributed by atoms with Crippen molar-refractivity contribution in [1.82, 2.24) is 0 Å². The molecule has 0 spiro atoms. The number of rotatable bonds is 3. The molecule has 0 amide bonds. The van der Waals surface area contributed by atoms with E-state index >= 15 is 0 Å². The van der Waals surface area contributed by atoms with E-state index in [1.165, 1.54) is 98.0 Å². The Morgan fingerprint density at radius 2 is 0.438 bits per heavy atom. The molecule has 0 bridgehead atoms. The second kappa shape index (κ2) is 10.7. The van der Waals surface area contributed by atoms with Gasteiger partial charge in [-0.2, -0.15) is 0 Å². The van der Waals surface area contributed by atoms with E-state index in [-0.39, 0.29) is 0 Å². The van der Waals surface area contributed by atoms with Crippen LogP contribution in [0.5, 0.6) is 0 Å². The average Bonchev–Trinajstić information content (AvgIpc) is 3.18. The molecule has 222 valence electrons. The maximum absolute atomic E-state index is 2.46. The first-order chi connectivity index (χ1) is 23.8. The molecule has 0 heterocycles. The summed E-state index contributed by atoms with van der Waals surface area (Å²) in [7, 11) is 0. The van der Waals surface area contributed by atoms with Crippen molar-refractivity contribution in [1.29, 1.82) is 0 Å². The second-order valence-electron chi connectivity index (χ2n) is 12.9. The van der Waals surface area contributed by atoms with Gasteiger partial charge in [-0.1, -0.05) is 146 Å². The fourth-order valence-corrected chi connectivity index (χ4v) is 7.92. The lowest BCUT2D eigenvalue weighted by atomic mass is 9.87. The highest BCUT2D eigenvalue weighted by molar-refractivity contribution is 6.33. The molecule has 0 aromatic heterocycles. The monoisotopic (exact) mass is 606 g/mol. The maximum atomic E-state index is 2.46. The lowest BCUT2D eigenvalue weighted by Crippen LogP contribution is -1.89. The van der Waals surface area contributed by atoms with Gasteiger partial charge in [0.05, 0.1) is 0 Å². The van der Waals surface area contributed by atoms with Crippen LogP contribution in [0.15, 0.2) is 182 Å². The Kier molecular flexibility index (Phi) is 5.98. The predicted molar refractivity (Wildman–Crippen MR) is 208 cm³/mol. The average molecular weight is 607 g/mol. The minimum atomic E-state index is 1.22. The van der Waals surface area contributed by atoms with Crippen LogP contribution in [0, 0.1) is 0 Å². The van der Waals surface area contributed by atoms with Crippen LogP contribution >= 0.6 is 0 Å². The van der Waals surface area contributed by atoms with Crippen LogP contribution in [0.4, 0.5) is 0 Å². The molecule has 0 saturated carbocycles. The van der Waals surface area contributed by atoms with E-state index in [0.717, 1.165) is 0 Å². The van der Waals surface area contributed by atoms with Gasteiger partial charge in [0, 0.05) is 0 Å². The minimum absolute atomic E-state index is 1.22. The summed E-state index contributed by atoms with van der Waals surface area (Å²) in [6.07, 6.45) is 0. The van der Waals surface area contributed by atoms with E-state index in [0.29, 0.717) is 0 Å². The van der Waals surface area contributed by atoms with Gasteiger partial charge in [-0.15, -0.1) is 0 Å². The summed E-state index contributed by atoms with van der Waals surface area (Å²) in [4.78, 5) is 0. The fraction of sp³-hybridized carbons (Fsp3) is 0. The summed E-state index contributed by atoms with van der Waals surface area (Å²) in [5.41, 5.74) is 7.33. The van der Waals surface area contributed by atoms with Crippen molar-refractivity contribution in [2.24, 2.45) is 0 Å². The van der Waals surface area contributed by atoms with Gasteiger partial charge in [0.15, 0.2) is 0 Å². The van der Waals surface area contributed by atoms with Gasteiger partial charge < -0.3 is 0 Å². The lowest BCUT2D eigenvalue weighted by molar-refractivity contribution is 1.57. The SMILES string of the molecule is c1ccc(-c2cc(-c3ccccc3)cc(-c3ccc4c(c3)c3ccccc3c3cc5c6ccccc6c6ccccc6c5cc43)c2)cc1. The number of fused-ring (bicyclic) bond motifs is 12. The third-order valence-corrected chi connectivity index (χ3v) is 10.2. The maximum Gasteiger partial charge on any atom is -0.00923 e. The molecule has 0 heteroatoms. The zero-order valence-electron chi connectivity index (χ0n) is 26.3. The summed E-state index contributed by atoms with van der Waals surface area (Å²) in [6.45, 7) is 0. The summed E-state index contributed by atoms with van der Waals surface area (Å²) >= 11 is 0. The Labute approximate surface area is 279 Å². The molecule has 10 rings (SSSR count). The van der Waals surface area contributed by atoms with Gasteiger partial charge in [0.2, 0.25) is 0 Å². The highest BCUT2D eigenvalue weighted by Gasteiger charge is 2.15. The van der Waals surface area contributed by atoms with E-state index in [4.69, 9.17) is 0 Å². The Morgan fingerprint density at radius 3 is 0.833 bits per heavy atom. The highest BCUT2D eigenvalue weighted by Crippen LogP contribution is 2.43. The Morgan fingerprint density at radius 1 is 0.146 bits per heavy atom. The summed E-state index contributed by atoms with van der Waals surface area (Å²) in [5, 5.41) is 15.6. The largest absolute Gasteiger partial charge is 0.0622 e. The molecular formula is C48H30. The van der Waals surface area contributed by atoms with Crippen LogP contribution < -0.4 is 0 Å². The molecule has 48 heavy (non-hydrogen) atoms. The molecular weight excluding hydrogens is 577 g/mol. The Balaban J connectivity index is 1.28. The molecule has 10 aromatic carbocycles. The third-order valence-electron chi connectivity index (χ3n) is 10.2. The van der Waals surface area contributed by atoms with Crippen LogP contribution in [-0.2, 0) is 0 Å². The molecule has 0 unspecified atom stereocenters. The van der Waals surface area contributed by atoms with Crippen LogP contribution in [0.25, 0.3) is 98.0 Å². The first-order valence-electron chi connectivity index (χ1n) is 16.7. The molecule has 0 radical (unpaired) electrons. The van der Waals surface area contributed by atoms with Crippen molar-refractivity contribution in [2.45, 2.75) is 0 Å². The minimum Gasteiger partial charge on any atom is -0.0622 e. The van der Waals surface area contributed by atoms with Crippen LogP contribution in [0.2, 0.25) is 0 Å². The summed E-state index contributed by atoms with van der Waals surface area (Å²) in [6, 6.07) is 67.1. The molecule has 0 aliphatic heterocycles. The topological polar surface area (TPSA) is 0 Å². The van der Waals surface area contributed by atoms with Crippen LogP contribution in [-0.4, -0.2) is 0 Å². The van der Waals surface area contributed by atoms with E-state index < -0.39 is 0 Å². The zero-order valence-corrected chi connectivity index (χ0v) is 26.3. The van der Waals surface area contributed by atoms with E-state index in [9.17, 15) is 0 Å². The Bertz CT molecular complexity index is 2800. The molecule has 0 atom stereocenters. The van der Waals surface area contributed by atoms with Gasteiger partial charge in [-0.3, -0.25) is 0 Å². The molecule has 0 fully saturated rings. The van der Waals surface area contributed by atoms with Gasteiger partial charge in [-0.25, -0.2) is 0 Å². The van der Waals surface area contributed by atoms with Crippen LogP contribution in [0.3, 0.4) is 0 Å². The first kappa shape index (κ1) is 26.9. The first-order valence-corrected chi connectivity index (χ1v) is 16.7. The zero-order chi connectivity index (χ0) is 31.6. The van der Waals surface area contributed by atoms with Gasteiger partial charge in [0.25, 0.3) is 0 Å². The van der Waals surface area contributed by atoms with Crippen molar-refractivity contribution in [2.75, 3.05) is 0 Å². The third kappa shape index (κ3) is 4.16. The summed E-state index contributed by atoms with van der Waals surface area (Å²) in [5.74, 6) is 0. The van der Waals surface area contributed by atoms with Crippen molar-refractivity contribution in [3.63, 3.8) is 0 Å².